The highest BCUT2D eigenvalue weighted by molar-refractivity contribution is 6.07. The normalized spacial score (nSPS) is 17.2. The quantitative estimate of drug-likeness (QED) is 0.720. The molecular formula is C16H11NO2. The number of hydrogen-bond acceptors (Lipinski definition) is 3. The number of allylic oxidation sites excluding steroid dienone is 4. The van der Waals surface area contributed by atoms with Gasteiger partial charge in [0.25, 0.3) is 0 Å². The predicted octanol–water partition coefficient (Wildman–Crippen LogP) is 3.01. The van der Waals surface area contributed by atoms with Gasteiger partial charge in [-0.15, -0.1) is 0 Å². The Hall–Kier alpha value is -2.42. The summed E-state index contributed by atoms with van der Waals surface area (Å²) < 4.78 is 5.68. The van der Waals surface area contributed by atoms with Crippen molar-refractivity contribution in [1.82, 2.24) is 4.98 Å². The van der Waals surface area contributed by atoms with Crippen molar-refractivity contribution in [1.29, 1.82) is 0 Å². The maximum atomic E-state index is 11.8. The summed E-state index contributed by atoms with van der Waals surface area (Å²) in [6.07, 6.45) is 6.12. The highest BCUT2D eigenvalue weighted by atomic mass is 16.5. The topological polar surface area (TPSA) is 39.2 Å². The second-order valence-corrected chi connectivity index (χ2v) is 4.73. The third kappa shape index (κ3) is 1.45. The minimum Gasteiger partial charge on any atom is -0.484 e. The number of nitrogens with zero attached hydrogens (tertiary/aromatic N) is 1. The first-order valence-corrected chi connectivity index (χ1v) is 6.28. The molecule has 2 aliphatic rings. The van der Waals surface area contributed by atoms with Crippen LogP contribution in [0, 0.1) is 0 Å². The Kier molecular flexibility index (Phi) is 2.09. The summed E-state index contributed by atoms with van der Waals surface area (Å²) in [5.41, 5.74) is 3.96. The molecule has 2 aromatic rings. The lowest BCUT2D eigenvalue weighted by molar-refractivity contribution is -0.118. The molecule has 0 bridgehead atoms. The number of rotatable bonds is 0. The van der Waals surface area contributed by atoms with Crippen molar-refractivity contribution in [2.24, 2.45) is 0 Å². The zero-order chi connectivity index (χ0) is 12.8. The molecule has 4 rings (SSSR count). The Morgan fingerprint density at radius 2 is 2.11 bits per heavy atom. The van der Waals surface area contributed by atoms with Crippen molar-refractivity contribution >= 4 is 22.3 Å². The Balaban J connectivity index is 2.04. The maximum absolute atomic E-state index is 11.8. The number of carbonyl (C=O) groups is 1. The molecule has 0 saturated heterocycles. The molecule has 1 aliphatic heterocycles. The van der Waals surface area contributed by atoms with Crippen molar-refractivity contribution in [3.8, 4) is 0 Å². The van der Waals surface area contributed by atoms with Gasteiger partial charge in [-0.2, -0.15) is 0 Å². The molecule has 1 aliphatic carbocycles. The van der Waals surface area contributed by atoms with Gasteiger partial charge in [-0.1, -0.05) is 30.4 Å². The second kappa shape index (κ2) is 3.79. The number of aromatic nitrogens is 1. The van der Waals surface area contributed by atoms with Crippen molar-refractivity contribution in [2.45, 2.75) is 13.0 Å². The van der Waals surface area contributed by atoms with Crippen LogP contribution in [0.15, 0.2) is 48.4 Å². The first-order chi connectivity index (χ1) is 9.34. The van der Waals surface area contributed by atoms with Gasteiger partial charge in [0.1, 0.15) is 6.61 Å². The van der Waals surface area contributed by atoms with Gasteiger partial charge in [0.15, 0.2) is 5.76 Å². The Morgan fingerprint density at radius 3 is 3.05 bits per heavy atom. The predicted molar refractivity (Wildman–Crippen MR) is 72.2 cm³/mol. The fraction of sp³-hybridized carbons (Fsp3) is 0.125. The molecule has 0 radical (unpaired) electrons. The Bertz CT molecular complexity index is 771. The molecule has 0 atom stereocenters. The van der Waals surface area contributed by atoms with Gasteiger partial charge in [0.2, 0.25) is 5.78 Å². The SMILES string of the molecule is O=C1CC=CC2=C1OCc1c2cnc2ccccc12. The molecular weight excluding hydrogens is 238 g/mol. The molecule has 0 N–H and O–H groups in total. The number of ketones is 1. The highest BCUT2D eigenvalue weighted by Gasteiger charge is 2.26. The van der Waals surface area contributed by atoms with Gasteiger partial charge in [-0.25, -0.2) is 0 Å². The fourth-order valence-electron chi connectivity index (χ4n) is 2.70. The zero-order valence-corrected chi connectivity index (χ0v) is 10.2. The molecule has 0 amide bonds. The van der Waals surface area contributed by atoms with E-state index < -0.39 is 0 Å². The van der Waals surface area contributed by atoms with Gasteiger partial charge in [-0.05, 0) is 6.07 Å². The summed E-state index contributed by atoms with van der Waals surface area (Å²) in [4.78, 5) is 16.3. The molecule has 0 saturated carbocycles. The monoisotopic (exact) mass is 249 g/mol. The summed E-state index contributed by atoms with van der Waals surface area (Å²) in [6.45, 7) is 0.441. The third-order valence-corrected chi connectivity index (χ3v) is 3.62. The molecule has 1 aromatic heterocycles. The van der Waals surface area contributed by atoms with E-state index in [9.17, 15) is 4.79 Å². The van der Waals surface area contributed by atoms with Gasteiger partial charge >= 0.3 is 0 Å². The number of para-hydroxylation sites is 1. The van der Waals surface area contributed by atoms with E-state index in [2.05, 4.69) is 4.98 Å². The molecule has 3 heteroatoms. The molecule has 92 valence electrons. The van der Waals surface area contributed by atoms with Crippen molar-refractivity contribution in [3.05, 3.63) is 59.5 Å². The lowest BCUT2D eigenvalue weighted by Gasteiger charge is -2.24. The third-order valence-electron chi connectivity index (χ3n) is 3.62. The van der Waals surface area contributed by atoms with Gasteiger partial charge in [-0.3, -0.25) is 9.78 Å². The average molecular weight is 249 g/mol. The van der Waals surface area contributed by atoms with Crippen LogP contribution in [0.1, 0.15) is 17.5 Å². The van der Waals surface area contributed by atoms with Crippen LogP contribution in [0.2, 0.25) is 0 Å². The Morgan fingerprint density at radius 1 is 1.21 bits per heavy atom. The molecule has 19 heavy (non-hydrogen) atoms. The standard InChI is InChI=1S/C16H11NO2/c18-15-7-3-5-11-12-8-17-14-6-2-1-4-10(14)13(12)9-19-16(11)15/h1-6,8H,7,9H2. The molecule has 2 heterocycles. The van der Waals surface area contributed by atoms with E-state index in [1.807, 2.05) is 42.6 Å². The van der Waals surface area contributed by atoms with Crippen molar-refractivity contribution in [2.75, 3.05) is 0 Å². The second-order valence-electron chi connectivity index (χ2n) is 4.73. The molecule has 0 spiro atoms. The van der Waals surface area contributed by atoms with E-state index in [-0.39, 0.29) is 5.78 Å². The highest BCUT2D eigenvalue weighted by Crippen LogP contribution is 2.36. The first kappa shape index (κ1) is 10.5. The van der Waals surface area contributed by atoms with Crippen LogP contribution in [0.5, 0.6) is 0 Å². The van der Waals surface area contributed by atoms with E-state index in [1.165, 1.54) is 0 Å². The first-order valence-electron chi connectivity index (χ1n) is 6.28. The van der Waals surface area contributed by atoms with E-state index in [1.54, 1.807) is 0 Å². The maximum Gasteiger partial charge on any atom is 0.201 e. The van der Waals surface area contributed by atoms with E-state index >= 15 is 0 Å². The summed E-state index contributed by atoms with van der Waals surface area (Å²) in [5, 5.41) is 1.10. The number of hydrogen-bond donors (Lipinski definition) is 0. The van der Waals surface area contributed by atoms with Crippen LogP contribution in [-0.4, -0.2) is 10.8 Å². The summed E-state index contributed by atoms with van der Waals surface area (Å²) >= 11 is 0. The number of fused-ring (bicyclic) bond motifs is 4. The van der Waals surface area contributed by atoms with Crippen LogP contribution in [0.3, 0.4) is 0 Å². The van der Waals surface area contributed by atoms with E-state index in [0.717, 1.165) is 27.6 Å². The number of carbonyl (C=O) groups excluding carboxylic acids is 1. The van der Waals surface area contributed by atoms with Crippen LogP contribution in [0.25, 0.3) is 16.5 Å². The van der Waals surface area contributed by atoms with Crippen LogP contribution < -0.4 is 0 Å². The van der Waals surface area contributed by atoms with E-state index in [0.29, 0.717) is 18.8 Å². The minimum absolute atomic E-state index is 0.0521. The van der Waals surface area contributed by atoms with Gasteiger partial charge in [0, 0.05) is 34.7 Å². The zero-order valence-electron chi connectivity index (χ0n) is 10.2. The number of pyridine rings is 1. The molecule has 0 fully saturated rings. The fourth-order valence-corrected chi connectivity index (χ4v) is 2.70. The van der Waals surface area contributed by atoms with Gasteiger partial charge in [0.05, 0.1) is 5.52 Å². The molecule has 3 nitrogen and oxygen atoms in total. The Labute approximate surface area is 110 Å². The average Bonchev–Trinajstić information content (AvgIpc) is 2.47. The van der Waals surface area contributed by atoms with Crippen molar-refractivity contribution < 1.29 is 9.53 Å². The minimum atomic E-state index is 0.0521. The largest absolute Gasteiger partial charge is 0.484 e. The van der Waals surface area contributed by atoms with Crippen LogP contribution >= 0.6 is 0 Å². The van der Waals surface area contributed by atoms with Crippen LogP contribution in [-0.2, 0) is 16.1 Å². The summed E-state index contributed by atoms with van der Waals surface area (Å²) in [5.74, 6) is 0.545. The lowest BCUT2D eigenvalue weighted by Crippen LogP contribution is -2.16. The number of ether oxygens (including phenoxy) is 1. The van der Waals surface area contributed by atoms with Gasteiger partial charge < -0.3 is 4.74 Å². The smallest absolute Gasteiger partial charge is 0.201 e. The lowest BCUT2D eigenvalue weighted by atomic mass is 9.91. The number of Topliss-reactive ketones (excluding diaryl/α,β-unsaturated/α-hetero) is 1. The molecule has 1 aromatic carbocycles. The summed E-state index contributed by atoms with van der Waals surface area (Å²) in [6, 6.07) is 8.00. The summed E-state index contributed by atoms with van der Waals surface area (Å²) in [7, 11) is 0. The van der Waals surface area contributed by atoms with Crippen molar-refractivity contribution in [3.63, 3.8) is 0 Å². The number of benzene rings is 1. The van der Waals surface area contributed by atoms with Crippen LogP contribution in [0.4, 0.5) is 0 Å². The molecule has 0 unspecified atom stereocenters. The van der Waals surface area contributed by atoms with E-state index in [4.69, 9.17) is 4.74 Å².